The summed E-state index contributed by atoms with van der Waals surface area (Å²) in [5, 5.41) is 3.52. The van der Waals surface area contributed by atoms with E-state index >= 15 is 0 Å². The van der Waals surface area contributed by atoms with Gasteiger partial charge in [-0.15, -0.1) is 0 Å². The molecule has 104 valence electrons. The summed E-state index contributed by atoms with van der Waals surface area (Å²) < 4.78 is 5.60. The van der Waals surface area contributed by atoms with E-state index in [0.717, 1.165) is 37.1 Å². The van der Waals surface area contributed by atoms with E-state index in [1.54, 1.807) is 0 Å². The molecule has 0 saturated carbocycles. The Labute approximate surface area is 112 Å². The van der Waals surface area contributed by atoms with Gasteiger partial charge in [0.2, 0.25) is 0 Å². The lowest BCUT2D eigenvalue weighted by Crippen LogP contribution is -2.37. The van der Waals surface area contributed by atoms with Crippen molar-refractivity contribution in [1.29, 1.82) is 0 Å². The molecule has 1 unspecified atom stereocenters. The highest BCUT2D eigenvalue weighted by molar-refractivity contribution is 5.05. The van der Waals surface area contributed by atoms with Gasteiger partial charge in [0.1, 0.15) is 11.5 Å². The van der Waals surface area contributed by atoms with Crippen LogP contribution in [-0.2, 0) is 6.54 Å². The number of nitrogens with one attached hydrogen (secondary N) is 1. The molecular weight excluding hydrogens is 224 g/mol. The fraction of sp³-hybridized carbons (Fsp3) is 0.733. The minimum atomic E-state index is 0.516. The summed E-state index contributed by atoms with van der Waals surface area (Å²) in [7, 11) is 2.15. The molecule has 18 heavy (non-hydrogen) atoms. The highest BCUT2D eigenvalue weighted by atomic mass is 16.3. The highest BCUT2D eigenvalue weighted by Crippen LogP contribution is 2.10. The monoisotopic (exact) mass is 252 g/mol. The van der Waals surface area contributed by atoms with E-state index in [1.807, 2.05) is 13.0 Å². The second-order valence-electron chi connectivity index (χ2n) is 5.66. The van der Waals surface area contributed by atoms with Crippen LogP contribution in [0.15, 0.2) is 16.5 Å². The van der Waals surface area contributed by atoms with Crippen LogP contribution in [0.5, 0.6) is 0 Å². The first-order chi connectivity index (χ1) is 8.49. The first kappa shape index (κ1) is 15.3. The van der Waals surface area contributed by atoms with Crippen molar-refractivity contribution in [3.63, 3.8) is 0 Å². The van der Waals surface area contributed by atoms with Crippen molar-refractivity contribution in [1.82, 2.24) is 10.2 Å². The largest absolute Gasteiger partial charge is 0.465 e. The van der Waals surface area contributed by atoms with Gasteiger partial charge in [-0.1, -0.05) is 13.8 Å². The predicted molar refractivity (Wildman–Crippen MR) is 76.7 cm³/mol. The molecule has 1 heterocycles. The number of furan rings is 1. The normalized spacial score (nSPS) is 13.5. The van der Waals surface area contributed by atoms with E-state index in [1.165, 1.54) is 6.42 Å². The molecule has 0 bridgehead atoms. The molecule has 0 saturated heterocycles. The summed E-state index contributed by atoms with van der Waals surface area (Å²) in [6.45, 7) is 11.8. The quantitative estimate of drug-likeness (QED) is 0.721. The lowest BCUT2D eigenvalue weighted by molar-refractivity contribution is 0.223. The van der Waals surface area contributed by atoms with Crippen LogP contribution < -0.4 is 5.32 Å². The molecule has 0 aromatic carbocycles. The zero-order valence-corrected chi connectivity index (χ0v) is 12.5. The lowest BCUT2D eigenvalue weighted by Gasteiger charge is -2.24. The Kier molecular flexibility index (Phi) is 6.44. The van der Waals surface area contributed by atoms with Crippen molar-refractivity contribution >= 4 is 0 Å². The van der Waals surface area contributed by atoms with Gasteiger partial charge in [0, 0.05) is 12.6 Å². The average Bonchev–Trinajstić information content (AvgIpc) is 2.69. The lowest BCUT2D eigenvalue weighted by atomic mass is 10.1. The summed E-state index contributed by atoms with van der Waals surface area (Å²) in [4.78, 5) is 2.32. The number of hydrogen-bond acceptors (Lipinski definition) is 3. The van der Waals surface area contributed by atoms with Crippen LogP contribution in [0.4, 0.5) is 0 Å². The first-order valence-corrected chi connectivity index (χ1v) is 6.95. The summed E-state index contributed by atoms with van der Waals surface area (Å²) in [5.41, 5.74) is 0. The Bertz CT molecular complexity index is 333. The van der Waals surface area contributed by atoms with Crippen molar-refractivity contribution in [3.05, 3.63) is 23.7 Å². The Hall–Kier alpha value is -0.800. The fourth-order valence-corrected chi connectivity index (χ4v) is 1.83. The fourth-order valence-electron chi connectivity index (χ4n) is 1.83. The maximum Gasteiger partial charge on any atom is 0.118 e. The molecule has 0 fully saturated rings. The molecule has 0 radical (unpaired) electrons. The van der Waals surface area contributed by atoms with Crippen molar-refractivity contribution in [3.8, 4) is 0 Å². The second-order valence-corrected chi connectivity index (χ2v) is 5.66. The zero-order chi connectivity index (χ0) is 13.5. The van der Waals surface area contributed by atoms with Crippen molar-refractivity contribution in [2.45, 2.75) is 46.7 Å². The molecule has 0 amide bonds. The third kappa shape index (κ3) is 5.69. The van der Waals surface area contributed by atoms with Gasteiger partial charge in [-0.25, -0.2) is 0 Å². The smallest absolute Gasteiger partial charge is 0.118 e. The zero-order valence-electron chi connectivity index (χ0n) is 12.5. The Morgan fingerprint density at radius 1 is 1.28 bits per heavy atom. The Morgan fingerprint density at radius 3 is 2.56 bits per heavy atom. The van der Waals surface area contributed by atoms with Crippen LogP contribution in [0, 0.1) is 12.8 Å². The van der Waals surface area contributed by atoms with Crippen LogP contribution in [-0.4, -0.2) is 31.1 Å². The summed E-state index contributed by atoms with van der Waals surface area (Å²) in [6.07, 6.45) is 1.24. The molecule has 1 atom stereocenters. The van der Waals surface area contributed by atoms with E-state index in [-0.39, 0.29) is 0 Å². The molecule has 0 aliphatic carbocycles. The SMILES string of the molecule is Cc1ccc(CN(C)C(C)CNCCC(C)C)o1. The van der Waals surface area contributed by atoms with Gasteiger partial charge in [0.05, 0.1) is 6.54 Å². The van der Waals surface area contributed by atoms with Crippen LogP contribution >= 0.6 is 0 Å². The molecule has 0 aliphatic heterocycles. The van der Waals surface area contributed by atoms with Crippen LogP contribution in [0.25, 0.3) is 0 Å². The number of aryl methyl sites for hydroxylation is 1. The van der Waals surface area contributed by atoms with Gasteiger partial charge in [0.25, 0.3) is 0 Å². The molecule has 1 aromatic heterocycles. The minimum absolute atomic E-state index is 0.516. The van der Waals surface area contributed by atoms with Gasteiger partial charge < -0.3 is 9.73 Å². The number of hydrogen-bond donors (Lipinski definition) is 1. The third-order valence-electron chi connectivity index (χ3n) is 3.29. The van der Waals surface area contributed by atoms with E-state index < -0.39 is 0 Å². The molecule has 3 nitrogen and oxygen atoms in total. The van der Waals surface area contributed by atoms with Gasteiger partial charge in [-0.2, -0.15) is 0 Å². The van der Waals surface area contributed by atoms with Crippen molar-refractivity contribution in [2.75, 3.05) is 20.1 Å². The summed E-state index contributed by atoms with van der Waals surface area (Å²) in [6, 6.07) is 4.60. The van der Waals surface area contributed by atoms with Gasteiger partial charge in [0.15, 0.2) is 0 Å². The summed E-state index contributed by atoms with van der Waals surface area (Å²) >= 11 is 0. The topological polar surface area (TPSA) is 28.4 Å². The molecule has 1 rings (SSSR count). The second kappa shape index (κ2) is 7.59. The molecule has 0 aliphatic rings. The predicted octanol–water partition coefficient (Wildman–Crippen LogP) is 3.04. The minimum Gasteiger partial charge on any atom is -0.465 e. The maximum atomic E-state index is 5.60. The molecule has 0 spiro atoms. The number of rotatable bonds is 8. The molecule has 3 heteroatoms. The van der Waals surface area contributed by atoms with Gasteiger partial charge in [-0.05, 0) is 51.9 Å². The number of nitrogens with zero attached hydrogens (tertiary/aromatic N) is 1. The van der Waals surface area contributed by atoms with Crippen LogP contribution in [0.2, 0.25) is 0 Å². The Morgan fingerprint density at radius 2 is 2.00 bits per heavy atom. The van der Waals surface area contributed by atoms with Crippen molar-refractivity contribution < 1.29 is 4.42 Å². The van der Waals surface area contributed by atoms with Crippen molar-refractivity contribution in [2.24, 2.45) is 5.92 Å². The van der Waals surface area contributed by atoms with E-state index in [4.69, 9.17) is 4.42 Å². The van der Waals surface area contributed by atoms with E-state index in [9.17, 15) is 0 Å². The van der Waals surface area contributed by atoms with Gasteiger partial charge in [-0.3, -0.25) is 4.90 Å². The van der Waals surface area contributed by atoms with Crippen LogP contribution in [0.3, 0.4) is 0 Å². The average molecular weight is 252 g/mol. The molecular formula is C15H28N2O. The summed E-state index contributed by atoms with van der Waals surface area (Å²) in [5.74, 6) is 2.81. The maximum absolute atomic E-state index is 5.60. The van der Waals surface area contributed by atoms with Gasteiger partial charge >= 0.3 is 0 Å². The first-order valence-electron chi connectivity index (χ1n) is 6.95. The third-order valence-corrected chi connectivity index (χ3v) is 3.29. The van der Waals surface area contributed by atoms with E-state index in [0.29, 0.717) is 6.04 Å². The molecule has 1 aromatic rings. The van der Waals surface area contributed by atoms with E-state index in [2.05, 4.69) is 44.1 Å². The molecule has 1 N–H and O–H groups in total. The highest BCUT2D eigenvalue weighted by Gasteiger charge is 2.11. The number of likely N-dealkylation sites (N-methyl/N-ethyl adjacent to an activating group) is 1. The Balaban J connectivity index is 2.22. The van der Waals surface area contributed by atoms with Crippen LogP contribution in [0.1, 0.15) is 38.7 Å². The standard InChI is InChI=1S/C15H28N2O/c1-12(2)8-9-16-10-13(3)17(5)11-15-7-6-14(4)18-15/h6-7,12-13,16H,8-11H2,1-5H3.